The number of aromatic nitrogens is 1. The first kappa shape index (κ1) is 13.6. The molecule has 2 rings (SSSR count). The van der Waals surface area contributed by atoms with Crippen LogP contribution in [0.3, 0.4) is 0 Å². The predicted octanol–water partition coefficient (Wildman–Crippen LogP) is 1.23. The average Bonchev–Trinajstić information content (AvgIpc) is 2.57. The van der Waals surface area contributed by atoms with E-state index in [4.69, 9.17) is 21.0 Å². The standard InChI is InChI=1S/C14H15BN2O2/c1-6-10-7-12(17-9-11(10)8-16)15-18-13(2,3)14(4,5)19-15/h1,7,9H,2-5H3. The van der Waals surface area contributed by atoms with E-state index in [-0.39, 0.29) is 0 Å². The van der Waals surface area contributed by atoms with Gasteiger partial charge in [0.1, 0.15) is 6.07 Å². The van der Waals surface area contributed by atoms with Crippen LogP contribution in [0.25, 0.3) is 0 Å². The molecule has 0 spiro atoms. The van der Waals surface area contributed by atoms with Crippen molar-refractivity contribution in [2.45, 2.75) is 38.9 Å². The Labute approximate surface area is 113 Å². The van der Waals surface area contributed by atoms with E-state index in [1.54, 1.807) is 6.07 Å². The summed E-state index contributed by atoms with van der Waals surface area (Å²) in [5, 5.41) is 8.92. The van der Waals surface area contributed by atoms with E-state index in [0.717, 1.165) is 0 Å². The molecule has 0 radical (unpaired) electrons. The van der Waals surface area contributed by atoms with Gasteiger partial charge in [0.05, 0.1) is 22.4 Å². The van der Waals surface area contributed by atoms with Gasteiger partial charge in [-0.3, -0.25) is 4.98 Å². The molecular weight excluding hydrogens is 239 g/mol. The van der Waals surface area contributed by atoms with Gasteiger partial charge in [-0.1, -0.05) is 5.92 Å². The molecule has 0 bridgehead atoms. The Morgan fingerprint density at radius 1 is 1.21 bits per heavy atom. The molecule has 1 aromatic rings. The molecule has 2 heterocycles. The summed E-state index contributed by atoms with van der Waals surface area (Å²) in [5.74, 6) is 2.48. The summed E-state index contributed by atoms with van der Waals surface area (Å²) in [6.45, 7) is 7.88. The monoisotopic (exact) mass is 254 g/mol. The Morgan fingerprint density at radius 3 is 2.26 bits per heavy atom. The summed E-state index contributed by atoms with van der Waals surface area (Å²) in [6.07, 6.45) is 6.84. The van der Waals surface area contributed by atoms with Crippen molar-refractivity contribution in [1.29, 1.82) is 5.26 Å². The Balaban J connectivity index is 2.36. The van der Waals surface area contributed by atoms with E-state index in [2.05, 4.69) is 10.9 Å². The van der Waals surface area contributed by atoms with Crippen LogP contribution in [0.5, 0.6) is 0 Å². The van der Waals surface area contributed by atoms with Gasteiger partial charge in [0.2, 0.25) is 0 Å². The number of nitriles is 1. The maximum Gasteiger partial charge on any atom is 0.514 e. The van der Waals surface area contributed by atoms with Crippen molar-refractivity contribution < 1.29 is 9.31 Å². The summed E-state index contributed by atoms with van der Waals surface area (Å²) >= 11 is 0. The lowest BCUT2D eigenvalue weighted by Gasteiger charge is -2.32. The van der Waals surface area contributed by atoms with E-state index in [9.17, 15) is 0 Å². The number of hydrogen-bond donors (Lipinski definition) is 0. The van der Waals surface area contributed by atoms with Crippen molar-refractivity contribution in [1.82, 2.24) is 4.98 Å². The van der Waals surface area contributed by atoms with Gasteiger partial charge < -0.3 is 9.31 Å². The van der Waals surface area contributed by atoms with Crippen LogP contribution in [-0.2, 0) is 9.31 Å². The molecule has 0 atom stereocenters. The van der Waals surface area contributed by atoms with Crippen LogP contribution in [0.2, 0.25) is 0 Å². The van der Waals surface area contributed by atoms with E-state index < -0.39 is 18.3 Å². The summed E-state index contributed by atoms with van der Waals surface area (Å²) in [7, 11) is -0.565. The maximum absolute atomic E-state index is 8.92. The first-order valence-electron chi connectivity index (χ1n) is 6.03. The molecule has 1 saturated heterocycles. The molecule has 0 amide bonds. The highest BCUT2D eigenvalue weighted by molar-refractivity contribution is 6.61. The molecule has 1 aliphatic rings. The summed E-state index contributed by atoms with van der Waals surface area (Å²) in [5.41, 5.74) is 0.614. The zero-order valence-electron chi connectivity index (χ0n) is 11.5. The SMILES string of the molecule is C#Cc1cc(B2OC(C)(C)C(C)(C)O2)ncc1C#N. The van der Waals surface area contributed by atoms with Crippen LogP contribution in [0, 0.1) is 23.7 Å². The van der Waals surface area contributed by atoms with Crippen molar-refractivity contribution in [3.8, 4) is 18.4 Å². The molecule has 1 aromatic heterocycles. The topological polar surface area (TPSA) is 55.1 Å². The van der Waals surface area contributed by atoms with E-state index >= 15 is 0 Å². The largest absolute Gasteiger partial charge is 0.514 e. The second kappa shape index (κ2) is 4.38. The van der Waals surface area contributed by atoms with Crippen LogP contribution in [0.1, 0.15) is 38.8 Å². The first-order valence-corrected chi connectivity index (χ1v) is 6.03. The Kier molecular flexibility index (Phi) is 3.14. The van der Waals surface area contributed by atoms with Crippen LogP contribution in [-0.4, -0.2) is 23.3 Å². The van der Waals surface area contributed by atoms with Crippen LogP contribution in [0.15, 0.2) is 12.3 Å². The van der Waals surface area contributed by atoms with Crippen molar-refractivity contribution >= 4 is 12.7 Å². The van der Waals surface area contributed by atoms with E-state index in [1.807, 2.05) is 33.8 Å². The molecule has 19 heavy (non-hydrogen) atoms. The summed E-state index contributed by atoms with van der Waals surface area (Å²) in [4.78, 5) is 4.20. The summed E-state index contributed by atoms with van der Waals surface area (Å²) < 4.78 is 11.8. The zero-order chi connectivity index (χ0) is 14.3. The van der Waals surface area contributed by atoms with Gasteiger partial charge >= 0.3 is 7.12 Å². The molecule has 0 aromatic carbocycles. The van der Waals surface area contributed by atoms with Crippen molar-refractivity contribution in [2.75, 3.05) is 0 Å². The van der Waals surface area contributed by atoms with Gasteiger partial charge in [0.15, 0.2) is 0 Å². The van der Waals surface area contributed by atoms with Crippen molar-refractivity contribution in [3.05, 3.63) is 23.4 Å². The average molecular weight is 254 g/mol. The van der Waals surface area contributed by atoms with Gasteiger partial charge in [0.25, 0.3) is 0 Å². The van der Waals surface area contributed by atoms with Crippen LogP contribution < -0.4 is 5.59 Å². The van der Waals surface area contributed by atoms with E-state index in [0.29, 0.717) is 16.7 Å². The lowest BCUT2D eigenvalue weighted by molar-refractivity contribution is 0.00578. The Hall–Kier alpha value is -1.82. The zero-order valence-corrected chi connectivity index (χ0v) is 11.5. The third kappa shape index (κ3) is 2.23. The minimum atomic E-state index is -0.565. The molecule has 1 aliphatic heterocycles. The highest BCUT2D eigenvalue weighted by atomic mass is 16.7. The Morgan fingerprint density at radius 2 is 1.79 bits per heavy atom. The minimum Gasteiger partial charge on any atom is -0.398 e. The molecule has 0 aliphatic carbocycles. The van der Waals surface area contributed by atoms with Gasteiger partial charge in [-0.15, -0.1) is 6.42 Å². The number of nitrogens with zero attached hydrogens (tertiary/aromatic N) is 2. The van der Waals surface area contributed by atoms with Gasteiger partial charge in [-0.25, -0.2) is 0 Å². The van der Waals surface area contributed by atoms with Crippen LogP contribution >= 0.6 is 0 Å². The molecular formula is C14H15BN2O2. The lowest BCUT2D eigenvalue weighted by atomic mass is 9.83. The molecule has 4 nitrogen and oxygen atoms in total. The highest BCUT2D eigenvalue weighted by Crippen LogP contribution is 2.36. The molecule has 96 valence electrons. The van der Waals surface area contributed by atoms with Gasteiger partial charge in [-0.2, -0.15) is 5.26 Å². The van der Waals surface area contributed by atoms with Crippen molar-refractivity contribution in [3.63, 3.8) is 0 Å². The molecule has 0 unspecified atom stereocenters. The second-order valence-electron chi connectivity index (χ2n) is 5.50. The quantitative estimate of drug-likeness (QED) is 0.558. The third-order valence-electron chi connectivity index (χ3n) is 3.70. The molecule has 1 fully saturated rings. The number of pyridine rings is 1. The van der Waals surface area contributed by atoms with Gasteiger partial charge in [0, 0.05) is 11.8 Å². The number of terminal acetylenes is 1. The minimum absolute atomic E-state index is 0.378. The fraction of sp³-hybridized carbons (Fsp3) is 0.429. The normalized spacial score (nSPS) is 19.8. The maximum atomic E-state index is 8.92. The number of rotatable bonds is 1. The highest BCUT2D eigenvalue weighted by Gasteiger charge is 2.52. The van der Waals surface area contributed by atoms with Crippen LogP contribution in [0.4, 0.5) is 0 Å². The fourth-order valence-electron chi connectivity index (χ4n) is 1.77. The fourth-order valence-corrected chi connectivity index (χ4v) is 1.77. The third-order valence-corrected chi connectivity index (χ3v) is 3.70. The lowest BCUT2D eigenvalue weighted by Crippen LogP contribution is -2.41. The molecule has 0 saturated carbocycles. The second-order valence-corrected chi connectivity index (χ2v) is 5.50. The molecule has 0 N–H and O–H groups in total. The molecule has 5 heteroatoms. The van der Waals surface area contributed by atoms with Gasteiger partial charge in [-0.05, 0) is 33.8 Å². The number of hydrogen-bond acceptors (Lipinski definition) is 4. The predicted molar refractivity (Wildman–Crippen MR) is 72.6 cm³/mol. The first-order chi connectivity index (χ1) is 8.80. The summed E-state index contributed by atoms with van der Waals surface area (Å²) in [6, 6.07) is 3.68. The van der Waals surface area contributed by atoms with Crippen molar-refractivity contribution in [2.24, 2.45) is 0 Å². The Bertz CT molecular complexity index is 580. The van der Waals surface area contributed by atoms with E-state index in [1.165, 1.54) is 6.20 Å². The smallest absolute Gasteiger partial charge is 0.398 e.